The van der Waals surface area contributed by atoms with Gasteiger partial charge in [0.1, 0.15) is 23.7 Å². The van der Waals surface area contributed by atoms with E-state index in [1.807, 2.05) is 0 Å². The van der Waals surface area contributed by atoms with Crippen LogP contribution in [0.1, 0.15) is 82.6 Å². The van der Waals surface area contributed by atoms with E-state index in [-0.39, 0.29) is 37.4 Å². The van der Waals surface area contributed by atoms with Crippen molar-refractivity contribution in [2.75, 3.05) is 11.9 Å². The second-order valence-corrected chi connectivity index (χ2v) is 18.1. The van der Waals surface area contributed by atoms with Crippen LogP contribution >= 0.6 is 22.9 Å². The summed E-state index contributed by atoms with van der Waals surface area (Å²) in [5, 5.41) is 6.15. The molecule has 2 saturated carbocycles. The molecule has 4 fully saturated rings. The van der Waals surface area contributed by atoms with Crippen molar-refractivity contribution in [3.63, 3.8) is 0 Å². The molecule has 2 aromatic carbocycles. The van der Waals surface area contributed by atoms with Crippen molar-refractivity contribution in [1.82, 2.24) is 19.9 Å². The first-order chi connectivity index (χ1) is 25.2. The lowest BCUT2D eigenvalue weighted by Crippen LogP contribution is -2.62. The van der Waals surface area contributed by atoms with Crippen LogP contribution in [0, 0.1) is 5.92 Å². The molecule has 286 valence electrons. The number of carbonyl (C=O) groups is 3. The highest BCUT2D eigenvalue weighted by atomic mass is 35.5. The van der Waals surface area contributed by atoms with Crippen molar-refractivity contribution in [2.45, 2.75) is 112 Å². The van der Waals surface area contributed by atoms with Gasteiger partial charge in [-0.15, -0.1) is 0 Å². The number of hydrogen-bond donors (Lipinski definition) is 3. The predicted octanol–water partition coefficient (Wildman–Crippen LogP) is 6.42. The molecule has 0 radical (unpaired) electrons. The Balaban J connectivity index is 1.20. The topological polar surface area (TPSA) is 147 Å². The smallest absolute Gasteiger partial charge is 0.416 e. The number of aromatic nitrogens is 1. The van der Waals surface area contributed by atoms with Gasteiger partial charge in [0.25, 0.3) is 11.1 Å². The number of fused-ring (bicyclic) bond motifs is 4. The molecule has 3 N–H and O–H groups in total. The molecule has 53 heavy (non-hydrogen) atoms. The molecule has 11 nitrogen and oxygen atoms in total. The molecular formula is C36H41ClF3N5O6S2. The fourth-order valence-electron chi connectivity index (χ4n) is 7.80. The molecule has 17 heteroatoms. The van der Waals surface area contributed by atoms with E-state index in [1.54, 1.807) is 18.2 Å². The Hall–Kier alpha value is -3.63. The summed E-state index contributed by atoms with van der Waals surface area (Å²) in [5.74, 6) is -1.83. The van der Waals surface area contributed by atoms with Gasteiger partial charge in [0.05, 0.1) is 27.6 Å². The first-order valence-corrected chi connectivity index (χ1v) is 20.8. The lowest BCUT2D eigenvalue weighted by Gasteiger charge is -2.33. The van der Waals surface area contributed by atoms with Crippen molar-refractivity contribution >= 4 is 66.6 Å². The number of halogens is 4. The van der Waals surface area contributed by atoms with Crippen LogP contribution in [0.4, 0.5) is 18.9 Å². The normalized spacial score (nSPS) is 27.4. The van der Waals surface area contributed by atoms with Crippen molar-refractivity contribution in [3.05, 3.63) is 53.1 Å². The quantitative estimate of drug-likeness (QED) is 0.249. The van der Waals surface area contributed by atoms with Gasteiger partial charge in [0.2, 0.25) is 21.8 Å². The molecule has 3 aromatic rings. The van der Waals surface area contributed by atoms with Gasteiger partial charge in [-0.2, -0.15) is 13.2 Å². The number of hydrogen-bond acceptors (Lipinski definition) is 9. The third kappa shape index (κ3) is 8.54. The SMILES string of the molecule is O=C1N[C@]2(C(=O)NS(=O)(=O)C3CC3)CCC(CCCCCC[C@H](Nc3cccc(C(F)(F)F)c3)C(=O)N3C[C@H](Oc4nc5ccc(Cl)cc5s4)C[C@@H]13)C2. The van der Waals surface area contributed by atoms with Gasteiger partial charge in [0, 0.05) is 17.1 Å². The Bertz CT molecular complexity index is 1990. The highest BCUT2D eigenvalue weighted by molar-refractivity contribution is 7.91. The molecule has 2 aliphatic carbocycles. The van der Waals surface area contributed by atoms with E-state index in [4.69, 9.17) is 16.3 Å². The van der Waals surface area contributed by atoms with E-state index in [0.717, 1.165) is 42.5 Å². The molecule has 3 amide bonds. The number of rotatable bonds is 7. The van der Waals surface area contributed by atoms with Crippen LogP contribution in [-0.2, 0) is 30.6 Å². The maximum absolute atomic E-state index is 14.5. The number of thiazole rings is 1. The zero-order valence-corrected chi connectivity index (χ0v) is 31.2. The summed E-state index contributed by atoms with van der Waals surface area (Å²) in [6, 6.07) is 7.76. The van der Waals surface area contributed by atoms with E-state index < -0.39 is 68.5 Å². The molecule has 1 aromatic heterocycles. The van der Waals surface area contributed by atoms with Crippen LogP contribution in [0.5, 0.6) is 5.19 Å². The van der Waals surface area contributed by atoms with E-state index >= 15 is 0 Å². The fraction of sp³-hybridized carbons (Fsp3) is 0.556. The first-order valence-electron chi connectivity index (χ1n) is 18.0. The zero-order chi connectivity index (χ0) is 37.5. The number of amides is 3. The molecule has 5 atom stereocenters. The molecule has 4 aliphatic rings. The van der Waals surface area contributed by atoms with Gasteiger partial charge in [-0.05, 0) is 80.8 Å². The third-order valence-corrected chi connectivity index (χ3v) is 13.7. The van der Waals surface area contributed by atoms with Crippen LogP contribution in [0.15, 0.2) is 42.5 Å². The summed E-state index contributed by atoms with van der Waals surface area (Å²) < 4.78 is 75.9. The van der Waals surface area contributed by atoms with Gasteiger partial charge in [-0.25, -0.2) is 13.4 Å². The van der Waals surface area contributed by atoms with Gasteiger partial charge >= 0.3 is 6.18 Å². The van der Waals surface area contributed by atoms with E-state index in [9.17, 15) is 36.0 Å². The number of ether oxygens (including phenoxy) is 1. The van der Waals surface area contributed by atoms with Crippen LogP contribution in [0.25, 0.3) is 10.2 Å². The molecule has 7 rings (SSSR count). The second-order valence-electron chi connectivity index (χ2n) is 14.7. The molecule has 0 spiro atoms. The number of alkyl halides is 3. The Morgan fingerprint density at radius 3 is 2.57 bits per heavy atom. The Labute approximate surface area is 314 Å². The van der Waals surface area contributed by atoms with Crippen LogP contribution in [0.2, 0.25) is 5.02 Å². The largest absolute Gasteiger partial charge is 0.465 e. The molecule has 1 unspecified atom stereocenters. The third-order valence-electron chi connectivity index (χ3n) is 10.7. The number of benzene rings is 2. The Morgan fingerprint density at radius 2 is 1.81 bits per heavy atom. The first kappa shape index (κ1) is 37.7. The van der Waals surface area contributed by atoms with Gasteiger partial charge in [-0.3, -0.25) is 19.1 Å². The predicted molar refractivity (Wildman–Crippen MR) is 194 cm³/mol. The minimum absolute atomic E-state index is 0.0338. The van der Waals surface area contributed by atoms with E-state index in [0.29, 0.717) is 47.8 Å². The lowest BCUT2D eigenvalue weighted by molar-refractivity contribution is -0.141. The summed E-state index contributed by atoms with van der Waals surface area (Å²) in [6.45, 7) is -0.0355. The summed E-state index contributed by atoms with van der Waals surface area (Å²) in [6.07, 6.45) is 0.926. The summed E-state index contributed by atoms with van der Waals surface area (Å²) in [5.41, 5.74) is -1.59. The van der Waals surface area contributed by atoms with Crippen molar-refractivity contribution in [3.8, 4) is 5.19 Å². The highest BCUT2D eigenvalue weighted by Crippen LogP contribution is 2.40. The van der Waals surface area contributed by atoms with Gasteiger partial charge in [0.15, 0.2) is 0 Å². The second kappa shape index (κ2) is 14.9. The number of sulfonamides is 1. The standard InChI is InChI=1S/C36H41ClF3N5O6S2/c37-23-10-13-27-30(17-23)52-34(42-27)51-25-18-29-31(46)43-35(33(48)44-53(49,50)26-11-12-26)15-14-21(19-35)6-3-1-2-4-9-28(32(47)45(29)20-25)41-24-8-5-7-22(16-24)36(38,39)40/h5,7-8,10,13,16-17,21,25-26,28-29,41H,1-4,6,9,11-12,14-15,18-20H2,(H,43,46)(H,44,48)/t21?,25-,28+,29+,35-/m1/s1. The minimum Gasteiger partial charge on any atom is -0.465 e. The number of carbonyl (C=O) groups excluding carboxylic acids is 3. The van der Waals surface area contributed by atoms with Gasteiger partial charge in [-0.1, -0.05) is 61.1 Å². The fourth-order valence-corrected chi connectivity index (χ4v) is 10.3. The molecule has 2 bridgehead atoms. The highest BCUT2D eigenvalue weighted by Gasteiger charge is 2.52. The number of nitrogens with one attached hydrogen (secondary N) is 3. The van der Waals surface area contributed by atoms with Crippen LogP contribution in [-0.4, -0.2) is 71.5 Å². The number of nitrogens with zero attached hydrogens (tertiary/aromatic N) is 2. The van der Waals surface area contributed by atoms with Gasteiger partial charge < -0.3 is 20.3 Å². The Kier molecular flexibility index (Phi) is 10.6. The molecule has 3 heterocycles. The number of anilines is 1. The monoisotopic (exact) mass is 795 g/mol. The average Bonchev–Trinajstić information content (AvgIpc) is 3.60. The van der Waals surface area contributed by atoms with E-state index in [2.05, 4.69) is 20.3 Å². The van der Waals surface area contributed by atoms with Crippen molar-refractivity contribution in [2.24, 2.45) is 5.92 Å². The maximum Gasteiger partial charge on any atom is 0.416 e. The summed E-state index contributed by atoms with van der Waals surface area (Å²) in [7, 11) is -3.91. The zero-order valence-electron chi connectivity index (χ0n) is 28.8. The maximum atomic E-state index is 14.5. The lowest BCUT2D eigenvalue weighted by atomic mass is 9.92. The molecular weight excluding hydrogens is 755 g/mol. The molecule has 2 aliphatic heterocycles. The van der Waals surface area contributed by atoms with Crippen LogP contribution < -0.4 is 20.1 Å². The van der Waals surface area contributed by atoms with Crippen LogP contribution in [0.3, 0.4) is 0 Å². The molecule has 2 saturated heterocycles. The summed E-state index contributed by atoms with van der Waals surface area (Å²) in [4.78, 5) is 48.7. The summed E-state index contributed by atoms with van der Waals surface area (Å²) >= 11 is 7.42. The van der Waals surface area contributed by atoms with Crippen molar-refractivity contribution < 1.29 is 40.7 Å². The minimum atomic E-state index is -4.59. The average molecular weight is 796 g/mol. The van der Waals surface area contributed by atoms with Crippen molar-refractivity contribution in [1.29, 1.82) is 0 Å². The Morgan fingerprint density at radius 1 is 1.04 bits per heavy atom. The van der Waals surface area contributed by atoms with E-state index in [1.165, 1.54) is 28.4 Å².